The van der Waals surface area contributed by atoms with Gasteiger partial charge in [0.25, 0.3) is 0 Å². The fourth-order valence-electron chi connectivity index (χ4n) is 2.21. The van der Waals surface area contributed by atoms with Gasteiger partial charge in [-0.25, -0.2) is 0 Å². The topological polar surface area (TPSA) is 29.5 Å². The molecule has 0 aromatic heterocycles. The maximum Gasteiger partial charge on any atom is 0.104 e. The van der Waals surface area contributed by atoms with Crippen LogP contribution in [0.15, 0.2) is 42.5 Å². The second-order valence-corrected chi connectivity index (χ2v) is 4.87. The van der Waals surface area contributed by atoms with Gasteiger partial charge in [0, 0.05) is 7.11 Å². The number of aryl methyl sites for hydroxylation is 1. The summed E-state index contributed by atoms with van der Waals surface area (Å²) in [5.74, 6) is 0. The Bertz CT molecular complexity index is 544. The summed E-state index contributed by atoms with van der Waals surface area (Å²) in [6.07, 6.45) is -0.573. The van der Waals surface area contributed by atoms with Gasteiger partial charge < -0.3 is 9.84 Å². The van der Waals surface area contributed by atoms with Gasteiger partial charge in [0.05, 0.1) is 6.61 Å². The van der Waals surface area contributed by atoms with Crippen molar-refractivity contribution >= 4 is 0 Å². The first-order valence-corrected chi connectivity index (χ1v) is 6.45. The molecule has 2 heteroatoms. The lowest BCUT2D eigenvalue weighted by Gasteiger charge is -2.16. The van der Waals surface area contributed by atoms with E-state index in [1.807, 2.05) is 43.3 Å². The molecule has 2 aromatic rings. The van der Waals surface area contributed by atoms with E-state index in [1.165, 1.54) is 5.56 Å². The van der Waals surface area contributed by atoms with E-state index in [2.05, 4.69) is 13.0 Å². The molecule has 1 N–H and O–H groups in total. The molecule has 19 heavy (non-hydrogen) atoms. The molecule has 0 amide bonds. The average Bonchev–Trinajstić information content (AvgIpc) is 2.42. The summed E-state index contributed by atoms with van der Waals surface area (Å²) in [5.41, 5.74) is 5.34. The third-order valence-electron chi connectivity index (χ3n) is 3.55. The van der Waals surface area contributed by atoms with E-state index < -0.39 is 6.10 Å². The van der Waals surface area contributed by atoms with Crippen LogP contribution in [-0.4, -0.2) is 12.2 Å². The summed E-state index contributed by atoms with van der Waals surface area (Å²) in [4.78, 5) is 0. The van der Waals surface area contributed by atoms with Crippen molar-refractivity contribution in [2.75, 3.05) is 7.11 Å². The summed E-state index contributed by atoms with van der Waals surface area (Å²) >= 11 is 0. The van der Waals surface area contributed by atoms with Gasteiger partial charge in [0.2, 0.25) is 0 Å². The summed E-state index contributed by atoms with van der Waals surface area (Å²) in [7, 11) is 1.68. The van der Waals surface area contributed by atoms with Crippen molar-refractivity contribution in [3.63, 3.8) is 0 Å². The van der Waals surface area contributed by atoms with E-state index >= 15 is 0 Å². The van der Waals surface area contributed by atoms with Gasteiger partial charge in [-0.1, -0.05) is 42.5 Å². The summed E-state index contributed by atoms with van der Waals surface area (Å²) in [5, 5.41) is 10.5. The van der Waals surface area contributed by atoms with E-state index in [-0.39, 0.29) is 0 Å². The SMILES string of the molecule is COCc1ccc(C(O)c2cccc(C)c2C)cc1. The van der Waals surface area contributed by atoms with Gasteiger partial charge in [0.1, 0.15) is 6.10 Å². The fraction of sp³-hybridized carbons (Fsp3) is 0.294. The number of hydrogen-bond acceptors (Lipinski definition) is 2. The zero-order valence-corrected chi connectivity index (χ0v) is 11.7. The van der Waals surface area contributed by atoms with Crippen LogP contribution in [0, 0.1) is 13.8 Å². The third kappa shape index (κ3) is 3.03. The zero-order valence-electron chi connectivity index (χ0n) is 11.7. The predicted octanol–water partition coefficient (Wildman–Crippen LogP) is 3.53. The molecule has 100 valence electrons. The highest BCUT2D eigenvalue weighted by molar-refractivity contribution is 5.39. The van der Waals surface area contributed by atoms with Gasteiger partial charge in [-0.2, -0.15) is 0 Å². The van der Waals surface area contributed by atoms with Crippen molar-refractivity contribution in [3.05, 3.63) is 70.3 Å². The molecule has 2 nitrogen and oxygen atoms in total. The first-order valence-electron chi connectivity index (χ1n) is 6.45. The first kappa shape index (κ1) is 13.8. The molecule has 1 unspecified atom stereocenters. The van der Waals surface area contributed by atoms with E-state index in [0.717, 1.165) is 22.3 Å². The van der Waals surface area contributed by atoms with Crippen LogP contribution >= 0.6 is 0 Å². The lowest BCUT2D eigenvalue weighted by molar-refractivity contribution is 0.184. The van der Waals surface area contributed by atoms with Crippen LogP contribution in [0.4, 0.5) is 0 Å². The Morgan fingerprint density at radius 1 is 1.05 bits per heavy atom. The van der Waals surface area contributed by atoms with Crippen molar-refractivity contribution in [1.82, 2.24) is 0 Å². The molecule has 0 saturated carbocycles. The number of methoxy groups -OCH3 is 1. The Balaban J connectivity index is 2.28. The number of hydrogen-bond donors (Lipinski definition) is 1. The van der Waals surface area contributed by atoms with Gasteiger partial charge in [-0.15, -0.1) is 0 Å². The summed E-state index contributed by atoms with van der Waals surface area (Å²) in [6, 6.07) is 13.9. The molecule has 1 atom stereocenters. The Morgan fingerprint density at radius 3 is 2.37 bits per heavy atom. The molecular weight excluding hydrogens is 236 g/mol. The second kappa shape index (κ2) is 6.00. The second-order valence-electron chi connectivity index (χ2n) is 4.87. The van der Waals surface area contributed by atoms with Gasteiger partial charge >= 0.3 is 0 Å². The molecule has 0 heterocycles. The van der Waals surface area contributed by atoms with Gasteiger partial charge in [0.15, 0.2) is 0 Å². The highest BCUT2D eigenvalue weighted by Gasteiger charge is 2.13. The maximum atomic E-state index is 10.5. The minimum Gasteiger partial charge on any atom is -0.384 e. The number of aliphatic hydroxyl groups excluding tert-OH is 1. The minimum atomic E-state index is -0.573. The molecule has 0 radical (unpaired) electrons. The van der Waals surface area contributed by atoms with Crippen LogP contribution < -0.4 is 0 Å². The molecule has 2 aromatic carbocycles. The van der Waals surface area contributed by atoms with Crippen molar-refractivity contribution < 1.29 is 9.84 Å². The average molecular weight is 256 g/mol. The van der Waals surface area contributed by atoms with Crippen LogP contribution in [0.1, 0.15) is 33.9 Å². The lowest BCUT2D eigenvalue weighted by Crippen LogP contribution is -2.03. The smallest absolute Gasteiger partial charge is 0.104 e. The Morgan fingerprint density at radius 2 is 1.74 bits per heavy atom. The molecule has 2 rings (SSSR count). The Kier molecular flexibility index (Phi) is 4.35. The molecule has 0 aliphatic heterocycles. The largest absolute Gasteiger partial charge is 0.384 e. The van der Waals surface area contributed by atoms with E-state index in [9.17, 15) is 5.11 Å². The molecular formula is C17H20O2. The third-order valence-corrected chi connectivity index (χ3v) is 3.55. The van der Waals surface area contributed by atoms with Crippen molar-refractivity contribution in [2.45, 2.75) is 26.6 Å². The quantitative estimate of drug-likeness (QED) is 0.906. The molecule has 0 saturated heterocycles. The fourth-order valence-corrected chi connectivity index (χ4v) is 2.21. The van der Waals surface area contributed by atoms with Crippen LogP contribution in [0.25, 0.3) is 0 Å². The number of aliphatic hydroxyl groups is 1. The van der Waals surface area contributed by atoms with Crippen molar-refractivity contribution in [3.8, 4) is 0 Å². The molecule has 0 aliphatic carbocycles. The molecule has 0 aliphatic rings. The minimum absolute atomic E-state index is 0.573. The van der Waals surface area contributed by atoms with Crippen LogP contribution in [0.2, 0.25) is 0 Å². The highest BCUT2D eigenvalue weighted by atomic mass is 16.5. The van der Waals surface area contributed by atoms with Crippen molar-refractivity contribution in [2.24, 2.45) is 0 Å². The summed E-state index contributed by atoms with van der Waals surface area (Å²) in [6.45, 7) is 4.71. The first-order chi connectivity index (χ1) is 9.13. The van der Waals surface area contributed by atoms with Crippen molar-refractivity contribution in [1.29, 1.82) is 0 Å². The molecule has 0 bridgehead atoms. The Hall–Kier alpha value is -1.64. The van der Waals surface area contributed by atoms with Gasteiger partial charge in [-0.3, -0.25) is 0 Å². The molecule has 0 fully saturated rings. The van der Waals surface area contributed by atoms with Crippen LogP contribution in [0.3, 0.4) is 0 Å². The standard InChI is InChI=1S/C17H20O2/c1-12-5-4-6-16(13(12)2)17(18)15-9-7-14(8-10-15)11-19-3/h4-10,17-18H,11H2,1-3H3. The zero-order chi connectivity index (χ0) is 13.8. The molecule has 0 spiro atoms. The number of ether oxygens (including phenoxy) is 1. The normalized spacial score (nSPS) is 12.4. The number of benzene rings is 2. The van der Waals surface area contributed by atoms with E-state index in [4.69, 9.17) is 4.74 Å². The van der Waals surface area contributed by atoms with Crippen LogP contribution in [-0.2, 0) is 11.3 Å². The lowest BCUT2D eigenvalue weighted by atomic mass is 9.94. The van der Waals surface area contributed by atoms with E-state index in [0.29, 0.717) is 6.61 Å². The predicted molar refractivity (Wildman–Crippen MR) is 77.1 cm³/mol. The van der Waals surface area contributed by atoms with Gasteiger partial charge in [-0.05, 0) is 41.7 Å². The van der Waals surface area contributed by atoms with E-state index in [1.54, 1.807) is 7.11 Å². The monoisotopic (exact) mass is 256 g/mol. The highest BCUT2D eigenvalue weighted by Crippen LogP contribution is 2.26. The maximum absolute atomic E-state index is 10.5. The summed E-state index contributed by atoms with van der Waals surface area (Å²) < 4.78 is 5.09. The van der Waals surface area contributed by atoms with Crippen LogP contribution in [0.5, 0.6) is 0 Å². The number of rotatable bonds is 4. The Labute approximate surface area is 114 Å².